The molecule has 0 amide bonds. The molecule has 0 rings (SSSR count). The summed E-state index contributed by atoms with van der Waals surface area (Å²) < 4.78 is 34.5. The second kappa shape index (κ2) is 59.8. The number of hydrogen-bond donors (Lipinski definition) is 1. The number of phosphoric ester groups is 1. The van der Waals surface area contributed by atoms with Crippen LogP contribution in [-0.2, 0) is 32.7 Å². The highest BCUT2D eigenvalue weighted by Crippen LogP contribution is 2.43. The molecule has 0 aromatic carbocycles. The molecule has 456 valence electrons. The normalized spacial score (nSPS) is 14.1. The van der Waals surface area contributed by atoms with Crippen LogP contribution in [0.4, 0.5) is 0 Å². The molecule has 0 spiro atoms. The minimum absolute atomic E-state index is 0.0240. The van der Waals surface area contributed by atoms with Crippen LogP contribution < -0.4 is 0 Å². The van der Waals surface area contributed by atoms with Crippen LogP contribution >= 0.6 is 7.82 Å². The van der Waals surface area contributed by atoms with Crippen LogP contribution in [0.25, 0.3) is 0 Å². The lowest BCUT2D eigenvalue weighted by Gasteiger charge is -2.24. The number of phosphoric acid groups is 1. The number of unbranched alkanes of at least 4 members (excludes halogenated alkanes) is 21. The number of esters is 2. The Morgan fingerprint density at radius 2 is 0.713 bits per heavy atom. The molecule has 0 aliphatic carbocycles. The lowest BCUT2D eigenvalue weighted by Crippen LogP contribution is -2.37. The van der Waals surface area contributed by atoms with E-state index < -0.39 is 26.5 Å². The number of allylic oxidation sites excluding steroid dienone is 22. The number of rotatable bonds is 57. The molecule has 0 radical (unpaired) electrons. The van der Waals surface area contributed by atoms with E-state index in [1.807, 2.05) is 21.1 Å². The van der Waals surface area contributed by atoms with Gasteiger partial charge < -0.3 is 18.9 Å². The van der Waals surface area contributed by atoms with E-state index in [0.717, 1.165) is 122 Å². The summed E-state index contributed by atoms with van der Waals surface area (Å²) in [6.45, 7) is 4.27. The van der Waals surface area contributed by atoms with Gasteiger partial charge in [-0.3, -0.25) is 18.6 Å². The average molecular weight is 1130 g/mol. The topological polar surface area (TPSA) is 108 Å². The van der Waals surface area contributed by atoms with Gasteiger partial charge in [0.1, 0.15) is 19.8 Å². The van der Waals surface area contributed by atoms with Crippen molar-refractivity contribution in [2.75, 3.05) is 47.5 Å². The zero-order valence-electron chi connectivity index (χ0n) is 51.8. The lowest BCUT2D eigenvalue weighted by molar-refractivity contribution is -0.870. The van der Waals surface area contributed by atoms with Gasteiger partial charge in [0.25, 0.3) is 0 Å². The molecule has 10 heteroatoms. The second-order valence-electron chi connectivity index (χ2n) is 22.1. The maximum absolute atomic E-state index is 12.8. The Kier molecular flexibility index (Phi) is 56.9. The average Bonchev–Trinajstić information content (AvgIpc) is 3.42. The van der Waals surface area contributed by atoms with Gasteiger partial charge >= 0.3 is 19.8 Å². The molecule has 0 saturated heterocycles. The summed E-state index contributed by atoms with van der Waals surface area (Å²) in [7, 11) is 1.46. The Balaban J connectivity index is 4.05. The Labute approximate surface area is 491 Å². The fraction of sp³-hybridized carbons (Fsp3) is 0.657. The largest absolute Gasteiger partial charge is 0.472 e. The van der Waals surface area contributed by atoms with Gasteiger partial charge in [0, 0.05) is 12.8 Å². The first-order valence-electron chi connectivity index (χ1n) is 31.9. The zero-order chi connectivity index (χ0) is 58.4. The van der Waals surface area contributed by atoms with Gasteiger partial charge in [-0.2, -0.15) is 0 Å². The highest BCUT2D eigenvalue weighted by molar-refractivity contribution is 7.47. The summed E-state index contributed by atoms with van der Waals surface area (Å²) in [6.07, 6.45) is 86.8. The van der Waals surface area contributed by atoms with E-state index >= 15 is 0 Å². The molecule has 0 bridgehead atoms. The van der Waals surface area contributed by atoms with Crippen molar-refractivity contribution in [3.8, 4) is 0 Å². The van der Waals surface area contributed by atoms with E-state index in [1.165, 1.54) is 89.9 Å². The fourth-order valence-electron chi connectivity index (χ4n) is 8.27. The highest BCUT2D eigenvalue weighted by Gasteiger charge is 2.27. The van der Waals surface area contributed by atoms with Crippen LogP contribution in [0.1, 0.15) is 245 Å². The first-order valence-corrected chi connectivity index (χ1v) is 33.4. The van der Waals surface area contributed by atoms with Crippen LogP contribution in [0.2, 0.25) is 0 Å². The molecule has 9 nitrogen and oxygen atoms in total. The molecule has 0 aliphatic heterocycles. The Morgan fingerprint density at radius 3 is 1.06 bits per heavy atom. The smallest absolute Gasteiger partial charge is 0.462 e. The van der Waals surface area contributed by atoms with E-state index in [2.05, 4.69) is 148 Å². The van der Waals surface area contributed by atoms with E-state index in [9.17, 15) is 19.0 Å². The minimum atomic E-state index is -4.40. The number of ether oxygens (including phenoxy) is 2. The Hall–Kier alpha value is -3.85. The third-order valence-corrected chi connectivity index (χ3v) is 14.1. The molecular weight excluding hydrogens is 1010 g/mol. The molecule has 0 aromatic rings. The molecule has 80 heavy (non-hydrogen) atoms. The van der Waals surface area contributed by atoms with Gasteiger partial charge in [-0.1, -0.05) is 250 Å². The van der Waals surface area contributed by atoms with Crippen LogP contribution in [-0.4, -0.2) is 74.9 Å². The molecule has 0 aromatic heterocycles. The van der Waals surface area contributed by atoms with Gasteiger partial charge in [0.15, 0.2) is 6.10 Å². The van der Waals surface area contributed by atoms with E-state index in [1.54, 1.807) is 0 Å². The van der Waals surface area contributed by atoms with Crippen LogP contribution in [0.5, 0.6) is 0 Å². The molecule has 0 fully saturated rings. The summed E-state index contributed by atoms with van der Waals surface area (Å²) in [5, 5.41) is 0. The Morgan fingerprint density at radius 1 is 0.400 bits per heavy atom. The monoisotopic (exact) mass is 1130 g/mol. The second-order valence-corrected chi connectivity index (χ2v) is 23.5. The number of carbonyl (C=O) groups excluding carboxylic acids is 2. The maximum Gasteiger partial charge on any atom is 0.472 e. The molecule has 0 saturated carbocycles. The van der Waals surface area contributed by atoms with Crippen molar-refractivity contribution in [2.24, 2.45) is 0 Å². The number of hydrogen-bond acceptors (Lipinski definition) is 7. The Bertz CT molecular complexity index is 1810. The maximum atomic E-state index is 12.8. The molecule has 2 atom stereocenters. The number of likely N-dealkylation sites (N-methyl/N-ethyl adjacent to an activating group) is 1. The summed E-state index contributed by atoms with van der Waals surface area (Å²) in [6, 6.07) is 0. The third-order valence-electron chi connectivity index (χ3n) is 13.2. The zero-order valence-corrected chi connectivity index (χ0v) is 52.7. The van der Waals surface area contributed by atoms with Crippen molar-refractivity contribution in [1.29, 1.82) is 0 Å². The van der Waals surface area contributed by atoms with Crippen molar-refractivity contribution in [2.45, 2.75) is 251 Å². The van der Waals surface area contributed by atoms with Gasteiger partial charge in [-0.05, 0) is 116 Å². The number of nitrogens with zero attached hydrogens (tertiary/aromatic N) is 1. The van der Waals surface area contributed by atoms with Crippen LogP contribution in [0, 0.1) is 0 Å². The minimum Gasteiger partial charge on any atom is -0.462 e. The predicted molar refractivity (Wildman–Crippen MR) is 344 cm³/mol. The summed E-state index contributed by atoms with van der Waals surface area (Å²) in [4.78, 5) is 35.7. The van der Waals surface area contributed by atoms with Crippen molar-refractivity contribution in [3.05, 3.63) is 134 Å². The van der Waals surface area contributed by atoms with Crippen molar-refractivity contribution in [1.82, 2.24) is 0 Å². The summed E-state index contributed by atoms with van der Waals surface area (Å²) >= 11 is 0. The predicted octanol–water partition coefficient (Wildman–Crippen LogP) is 20.5. The first-order chi connectivity index (χ1) is 39.0. The molecule has 0 heterocycles. The van der Waals surface area contributed by atoms with Crippen LogP contribution in [0.3, 0.4) is 0 Å². The van der Waals surface area contributed by atoms with Crippen molar-refractivity contribution < 1.29 is 42.1 Å². The van der Waals surface area contributed by atoms with E-state index in [-0.39, 0.29) is 32.0 Å². The lowest BCUT2D eigenvalue weighted by atomic mass is 10.0. The number of quaternary nitrogens is 1. The van der Waals surface area contributed by atoms with Gasteiger partial charge in [0.2, 0.25) is 0 Å². The van der Waals surface area contributed by atoms with Crippen LogP contribution in [0.15, 0.2) is 134 Å². The summed E-state index contributed by atoms with van der Waals surface area (Å²) in [5.74, 6) is -0.819. The van der Waals surface area contributed by atoms with Crippen molar-refractivity contribution in [3.63, 3.8) is 0 Å². The molecule has 2 unspecified atom stereocenters. The van der Waals surface area contributed by atoms with Gasteiger partial charge in [0.05, 0.1) is 27.7 Å². The van der Waals surface area contributed by atoms with Crippen molar-refractivity contribution >= 4 is 19.8 Å². The number of carbonyl (C=O) groups is 2. The molecule has 1 N–H and O–H groups in total. The van der Waals surface area contributed by atoms with E-state index in [0.29, 0.717) is 17.4 Å². The van der Waals surface area contributed by atoms with E-state index in [4.69, 9.17) is 18.5 Å². The first kappa shape index (κ1) is 76.1. The van der Waals surface area contributed by atoms with Gasteiger partial charge in [-0.15, -0.1) is 0 Å². The SMILES string of the molecule is CC/C=C\C/C=C\C/C=C\C/C=C\C/C=C\C/C=C\C/C=C\C/C=C\C/C=C\CCCCCCCCCCCCCCCC(=O)OC(COC(=O)CCCCCCC/C=C\C/C=C\CCCCC)COP(=O)(O)OCC[N+](C)(C)C. The highest BCUT2D eigenvalue weighted by atomic mass is 31.2. The third kappa shape index (κ3) is 63.3. The summed E-state index contributed by atoms with van der Waals surface area (Å²) in [5.41, 5.74) is 0. The quantitative estimate of drug-likeness (QED) is 0.0211. The molecular formula is C70H119NO8P+. The fourth-order valence-corrected chi connectivity index (χ4v) is 9.01. The van der Waals surface area contributed by atoms with Gasteiger partial charge in [-0.25, -0.2) is 4.57 Å². The standard InChI is InChI=1S/C70H118NO8P/c1-6-8-10-12-14-16-18-20-22-23-24-25-26-27-28-29-30-31-32-33-34-35-36-37-38-39-40-41-42-43-44-45-46-47-49-51-53-55-57-59-61-63-70(73)79-68(67-78-80(74,75)77-65-64-71(3,4)5)66-76-69(72)62-60-58-56-54-52-50-48-21-19-17-15-13-11-9-7-2/h8,10,14-17,20-22,24-25,27-28,30-31,33-34,36-37,39-40,48,68H,6-7,9,11-13,18-19,23,26,29,32,35,38,41-47,49-67H2,1-5H3/p+1/b10-8-,16-14-,17-15-,22-20-,25-24-,28-27-,31-30-,34-33-,37-36-,40-39-,48-21-. The molecule has 0 aliphatic rings.